The first-order valence-corrected chi connectivity index (χ1v) is 6.60. The van der Waals surface area contributed by atoms with Gasteiger partial charge in [0.25, 0.3) is 0 Å². The molecule has 2 nitrogen and oxygen atoms in total. The van der Waals surface area contributed by atoms with E-state index in [1.807, 2.05) is 18.7 Å². The van der Waals surface area contributed by atoms with Crippen LogP contribution in [0.4, 0.5) is 17.6 Å². The lowest BCUT2D eigenvalue weighted by atomic mass is 10.1. The summed E-state index contributed by atoms with van der Waals surface area (Å²) in [6.45, 7) is 5.62. The van der Waals surface area contributed by atoms with Crippen LogP contribution in [0.2, 0.25) is 0 Å². The summed E-state index contributed by atoms with van der Waals surface area (Å²) in [6.07, 6.45) is -4.44. The van der Waals surface area contributed by atoms with Gasteiger partial charge < -0.3 is 5.32 Å². The van der Waals surface area contributed by atoms with Gasteiger partial charge in [0.2, 0.25) is 0 Å². The number of alkyl halides is 3. The van der Waals surface area contributed by atoms with Crippen molar-refractivity contribution >= 4 is 0 Å². The van der Waals surface area contributed by atoms with Crippen molar-refractivity contribution in [3.05, 3.63) is 35.1 Å². The van der Waals surface area contributed by atoms with Crippen LogP contribution in [0.3, 0.4) is 0 Å². The van der Waals surface area contributed by atoms with E-state index in [4.69, 9.17) is 0 Å². The summed E-state index contributed by atoms with van der Waals surface area (Å²) in [7, 11) is 0. The molecular formula is C14H18F4N2. The molecule has 2 atom stereocenters. The second-order valence-corrected chi connectivity index (χ2v) is 5.39. The maximum atomic E-state index is 13.7. The Morgan fingerprint density at radius 3 is 2.65 bits per heavy atom. The predicted molar refractivity (Wildman–Crippen MR) is 68.7 cm³/mol. The number of nitrogens with zero attached hydrogens (tertiary/aromatic N) is 1. The normalized spacial score (nSPS) is 24.9. The summed E-state index contributed by atoms with van der Waals surface area (Å²) in [4.78, 5) is 2.00. The van der Waals surface area contributed by atoms with E-state index in [1.165, 1.54) is 0 Å². The van der Waals surface area contributed by atoms with Crippen molar-refractivity contribution in [2.75, 3.05) is 13.1 Å². The third-order valence-corrected chi connectivity index (χ3v) is 3.64. The largest absolute Gasteiger partial charge is 0.416 e. The van der Waals surface area contributed by atoms with E-state index in [2.05, 4.69) is 5.32 Å². The summed E-state index contributed by atoms with van der Waals surface area (Å²) in [5.41, 5.74) is -0.703. The monoisotopic (exact) mass is 290 g/mol. The molecule has 1 aliphatic heterocycles. The lowest BCUT2D eigenvalue weighted by Gasteiger charge is -2.37. The minimum atomic E-state index is -4.44. The molecule has 1 aliphatic rings. The van der Waals surface area contributed by atoms with Crippen molar-refractivity contribution in [1.29, 1.82) is 0 Å². The van der Waals surface area contributed by atoms with Crippen LogP contribution in [0.15, 0.2) is 18.2 Å². The van der Waals surface area contributed by atoms with E-state index in [9.17, 15) is 17.6 Å². The van der Waals surface area contributed by atoms with Crippen molar-refractivity contribution < 1.29 is 17.6 Å². The third-order valence-electron chi connectivity index (χ3n) is 3.64. The van der Waals surface area contributed by atoms with Gasteiger partial charge in [0, 0.05) is 37.3 Å². The number of hydrogen-bond donors (Lipinski definition) is 1. The van der Waals surface area contributed by atoms with Gasteiger partial charge in [0.15, 0.2) is 0 Å². The summed E-state index contributed by atoms with van der Waals surface area (Å²) in [5, 5.41) is 3.28. The first-order valence-electron chi connectivity index (χ1n) is 6.60. The van der Waals surface area contributed by atoms with E-state index < -0.39 is 17.6 Å². The fourth-order valence-corrected chi connectivity index (χ4v) is 2.41. The molecule has 20 heavy (non-hydrogen) atoms. The van der Waals surface area contributed by atoms with Crippen LogP contribution in [0.1, 0.15) is 25.0 Å². The van der Waals surface area contributed by atoms with Crippen molar-refractivity contribution in [3.63, 3.8) is 0 Å². The number of benzene rings is 1. The zero-order valence-electron chi connectivity index (χ0n) is 11.5. The molecule has 2 rings (SSSR count). The Balaban J connectivity index is 2.20. The fourth-order valence-electron chi connectivity index (χ4n) is 2.41. The maximum Gasteiger partial charge on any atom is 0.416 e. The Morgan fingerprint density at radius 2 is 2.00 bits per heavy atom. The van der Waals surface area contributed by atoms with Gasteiger partial charge in [-0.3, -0.25) is 4.90 Å². The average molecular weight is 290 g/mol. The zero-order valence-corrected chi connectivity index (χ0v) is 11.5. The molecule has 1 heterocycles. The van der Waals surface area contributed by atoms with Gasteiger partial charge >= 0.3 is 6.18 Å². The summed E-state index contributed by atoms with van der Waals surface area (Å²) in [5.74, 6) is -0.587. The number of halogens is 4. The van der Waals surface area contributed by atoms with E-state index in [0.29, 0.717) is 6.54 Å². The highest BCUT2D eigenvalue weighted by molar-refractivity contribution is 5.27. The van der Waals surface area contributed by atoms with Gasteiger partial charge in [-0.15, -0.1) is 0 Å². The van der Waals surface area contributed by atoms with Crippen LogP contribution in [0, 0.1) is 5.82 Å². The van der Waals surface area contributed by atoms with Gasteiger partial charge in [0.05, 0.1) is 5.56 Å². The van der Waals surface area contributed by atoms with Gasteiger partial charge in [-0.1, -0.05) is 0 Å². The Kier molecular flexibility index (Phi) is 4.34. The molecule has 1 saturated heterocycles. The lowest BCUT2D eigenvalue weighted by molar-refractivity contribution is -0.137. The van der Waals surface area contributed by atoms with E-state index in [-0.39, 0.29) is 24.2 Å². The van der Waals surface area contributed by atoms with Crippen molar-refractivity contribution in [2.45, 2.75) is 38.7 Å². The highest BCUT2D eigenvalue weighted by Crippen LogP contribution is 2.30. The predicted octanol–water partition coefficient (Wildman–Crippen LogP) is 3.03. The molecular weight excluding hydrogens is 272 g/mol. The molecule has 0 aliphatic carbocycles. The first-order chi connectivity index (χ1) is 9.27. The number of rotatable bonds is 2. The maximum absolute atomic E-state index is 13.7. The molecule has 1 aromatic carbocycles. The molecule has 1 N–H and O–H groups in total. The van der Waals surface area contributed by atoms with Crippen LogP contribution < -0.4 is 5.32 Å². The third kappa shape index (κ3) is 3.49. The SMILES string of the molecule is CC1CN(Cc2cc(C(F)(F)F)ccc2F)C(C)CN1. The number of piperazine rings is 1. The van der Waals surface area contributed by atoms with Crippen LogP contribution in [0.25, 0.3) is 0 Å². The minimum Gasteiger partial charge on any atom is -0.311 e. The smallest absolute Gasteiger partial charge is 0.311 e. The van der Waals surface area contributed by atoms with E-state index in [0.717, 1.165) is 24.7 Å². The second-order valence-electron chi connectivity index (χ2n) is 5.39. The summed E-state index contributed by atoms with van der Waals surface area (Å²) < 4.78 is 51.7. The molecule has 0 saturated carbocycles. The number of hydrogen-bond acceptors (Lipinski definition) is 2. The molecule has 0 radical (unpaired) electrons. The molecule has 1 aromatic rings. The standard InChI is InChI=1S/C14H18F4N2/c1-9-7-20(10(2)6-19-9)8-11-5-12(14(16,17)18)3-4-13(11)15/h3-5,9-10,19H,6-8H2,1-2H3. The highest BCUT2D eigenvalue weighted by Gasteiger charge is 2.31. The zero-order chi connectivity index (χ0) is 14.9. The van der Waals surface area contributed by atoms with Crippen molar-refractivity contribution in [2.24, 2.45) is 0 Å². The van der Waals surface area contributed by atoms with Gasteiger partial charge in [0.1, 0.15) is 5.82 Å². The van der Waals surface area contributed by atoms with Crippen LogP contribution >= 0.6 is 0 Å². The Labute approximate surface area is 115 Å². The quantitative estimate of drug-likeness (QED) is 0.842. The summed E-state index contributed by atoms with van der Waals surface area (Å²) >= 11 is 0. The molecule has 0 amide bonds. The molecule has 2 unspecified atom stereocenters. The highest BCUT2D eigenvalue weighted by atomic mass is 19.4. The molecule has 0 spiro atoms. The molecule has 0 aromatic heterocycles. The molecule has 0 bridgehead atoms. The van der Waals surface area contributed by atoms with Crippen LogP contribution in [0.5, 0.6) is 0 Å². The van der Waals surface area contributed by atoms with Crippen LogP contribution in [-0.2, 0) is 12.7 Å². The Morgan fingerprint density at radius 1 is 1.30 bits per heavy atom. The summed E-state index contributed by atoms with van der Waals surface area (Å²) in [6, 6.07) is 3.01. The topological polar surface area (TPSA) is 15.3 Å². The van der Waals surface area contributed by atoms with Gasteiger partial charge in [-0.2, -0.15) is 13.2 Å². The van der Waals surface area contributed by atoms with Crippen molar-refractivity contribution in [1.82, 2.24) is 10.2 Å². The van der Waals surface area contributed by atoms with Crippen molar-refractivity contribution in [3.8, 4) is 0 Å². The minimum absolute atomic E-state index is 0.0979. The fraction of sp³-hybridized carbons (Fsp3) is 0.571. The van der Waals surface area contributed by atoms with Gasteiger partial charge in [-0.25, -0.2) is 4.39 Å². The average Bonchev–Trinajstić information content (AvgIpc) is 2.35. The second kappa shape index (κ2) is 5.69. The molecule has 1 fully saturated rings. The molecule has 112 valence electrons. The Bertz CT molecular complexity index is 473. The van der Waals surface area contributed by atoms with E-state index >= 15 is 0 Å². The van der Waals surface area contributed by atoms with E-state index in [1.54, 1.807) is 0 Å². The van der Waals surface area contributed by atoms with Crippen LogP contribution in [-0.4, -0.2) is 30.1 Å². The lowest BCUT2D eigenvalue weighted by Crippen LogP contribution is -2.53. The number of nitrogens with one attached hydrogen (secondary N) is 1. The molecule has 6 heteroatoms. The Hall–Kier alpha value is -1.14. The first kappa shape index (κ1) is 15.3. The van der Waals surface area contributed by atoms with Gasteiger partial charge in [-0.05, 0) is 32.0 Å².